The number of nitrogens with one attached hydrogen (secondary N) is 1. The third kappa shape index (κ3) is 4.73. The number of amidine groups is 1. The average Bonchev–Trinajstić information content (AvgIpc) is 2.41. The van der Waals surface area contributed by atoms with Gasteiger partial charge >= 0.3 is 0 Å². The van der Waals surface area contributed by atoms with Gasteiger partial charge in [-0.1, -0.05) is 49.3 Å². The fraction of sp³-hybridized carbons (Fsp3) is 0.533. The molecule has 2 nitrogen and oxygen atoms in total. The molecule has 0 saturated carbocycles. The summed E-state index contributed by atoms with van der Waals surface area (Å²) in [6, 6.07) is 8.59. The van der Waals surface area contributed by atoms with Crippen LogP contribution in [0.1, 0.15) is 25.8 Å². The number of rotatable bonds is 4. The number of hydrogen-bond donors (Lipinski definition) is 1. The van der Waals surface area contributed by atoms with Gasteiger partial charge in [-0.2, -0.15) is 0 Å². The van der Waals surface area contributed by atoms with Crippen LogP contribution in [0.5, 0.6) is 0 Å². The van der Waals surface area contributed by atoms with Crippen molar-refractivity contribution in [2.45, 2.75) is 32.7 Å². The van der Waals surface area contributed by atoms with Crippen molar-refractivity contribution in [3.8, 4) is 0 Å². The van der Waals surface area contributed by atoms with Crippen LogP contribution in [0, 0.1) is 5.92 Å². The van der Waals surface area contributed by atoms with Crippen molar-refractivity contribution >= 4 is 28.5 Å². The molecule has 0 aliphatic carbocycles. The second-order valence-corrected chi connectivity index (χ2v) is 6.72. The number of thioether (sulfide) groups is 1. The summed E-state index contributed by atoms with van der Waals surface area (Å²) in [7, 11) is 0. The van der Waals surface area contributed by atoms with Gasteiger partial charge in [0.2, 0.25) is 0 Å². The zero-order valence-corrected chi connectivity index (χ0v) is 13.1. The monoisotopic (exact) mass is 296 g/mol. The van der Waals surface area contributed by atoms with E-state index in [1.165, 1.54) is 17.7 Å². The molecule has 1 fully saturated rings. The van der Waals surface area contributed by atoms with E-state index in [2.05, 4.69) is 36.3 Å². The van der Waals surface area contributed by atoms with E-state index in [4.69, 9.17) is 11.6 Å². The van der Waals surface area contributed by atoms with Crippen molar-refractivity contribution in [1.82, 2.24) is 5.32 Å². The molecule has 0 radical (unpaired) electrons. The molecule has 19 heavy (non-hydrogen) atoms. The van der Waals surface area contributed by atoms with Crippen LogP contribution in [0.2, 0.25) is 5.02 Å². The Morgan fingerprint density at radius 2 is 2.11 bits per heavy atom. The number of nitrogens with zero attached hydrogens (tertiary/aromatic N) is 1. The Morgan fingerprint density at radius 1 is 1.37 bits per heavy atom. The van der Waals surface area contributed by atoms with E-state index in [-0.39, 0.29) is 0 Å². The molecule has 4 heteroatoms. The molecule has 0 amide bonds. The van der Waals surface area contributed by atoms with Crippen LogP contribution in [0.25, 0.3) is 0 Å². The lowest BCUT2D eigenvalue weighted by atomic mass is 10.0. The highest BCUT2D eigenvalue weighted by Gasteiger charge is 2.19. The number of halogens is 1. The molecule has 2 rings (SSSR count). The van der Waals surface area contributed by atoms with E-state index in [9.17, 15) is 0 Å². The normalized spacial score (nSPS) is 21.7. The molecule has 0 bridgehead atoms. The van der Waals surface area contributed by atoms with Crippen LogP contribution < -0.4 is 5.32 Å². The van der Waals surface area contributed by atoms with Gasteiger partial charge in [0.05, 0.1) is 0 Å². The van der Waals surface area contributed by atoms with Crippen molar-refractivity contribution in [2.24, 2.45) is 10.9 Å². The predicted octanol–water partition coefficient (Wildman–Crippen LogP) is 3.99. The Labute approximate surface area is 125 Å². The molecular formula is C15H21ClN2S. The van der Waals surface area contributed by atoms with Crippen LogP contribution in [0.3, 0.4) is 0 Å². The summed E-state index contributed by atoms with van der Waals surface area (Å²) in [4.78, 5) is 4.67. The van der Waals surface area contributed by atoms with E-state index >= 15 is 0 Å². The van der Waals surface area contributed by atoms with Crippen LogP contribution in [-0.4, -0.2) is 23.5 Å². The first-order valence-electron chi connectivity index (χ1n) is 6.83. The van der Waals surface area contributed by atoms with E-state index in [1.807, 2.05) is 23.9 Å². The minimum Gasteiger partial charge on any atom is -0.362 e. The standard InChI is InChI=1S/C15H21ClN2S/c1-11(2)14-8-10-19-15(18-14)17-9-7-12-3-5-13(16)6-4-12/h3-6,11,14H,7-10H2,1-2H3,(H,17,18). The lowest BCUT2D eigenvalue weighted by Crippen LogP contribution is -2.41. The molecule has 1 atom stereocenters. The lowest BCUT2D eigenvalue weighted by molar-refractivity contribution is 0.442. The maximum absolute atomic E-state index is 5.87. The maximum Gasteiger partial charge on any atom is 0.156 e. The lowest BCUT2D eigenvalue weighted by Gasteiger charge is -2.28. The van der Waals surface area contributed by atoms with Crippen molar-refractivity contribution < 1.29 is 0 Å². The van der Waals surface area contributed by atoms with E-state index in [0.717, 1.165) is 23.2 Å². The minimum atomic E-state index is 0.579. The second kappa shape index (κ2) is 7.20. The highest BCUT2D eigenvalue weighted by molar-refractivity contribution is 8.13. The number of hydrogen-bond acceptors (Lipinski definition) is 2. The van der Waals surface area contributed by atoms with Gasteiger partial charge in [-0.15, -0.1) is 0 Å². The molecule has 1 aromatic carbocycles. The SMILES string of the molecule is CC(C)C1CCSC(=NCCc2ccc(Cl)cc2)N1. The van der Waals surface area contributed by atoms with Crippen molar-refractivity contribution in [3.63, 3.8) is 0 Å². The smallest absolute Gasteiger partial charge is 0.156 e. The fourth-order valence-electron chi connectivity index (χ4n) is 2.08. The molecule has 104 valence electrons. The molecule has 1 N–H and O–H groups in total. The van der Waals surface area contributed by atoms with E-state index in [0.29, 0.717) is 12.0 Å². The summed E-state index contributed by atoms with van der Waals surface area (Å²) in [5, 5.41) is 5.44. The first-order valence-corrected chi connectivity index (χ1v) is 8.20. The van der Waals surface area contributed by atoms with Crippen LogP contribution >= 0.6 is 23.4 Å². The summed E-state index contributed by atoms with van der Waals surface area (Å²) in [6.07, 6.45) is 2.20. The summed E-state index contributed by atoms with van der Waals surface area (Å²) in [5.41, 5.74) is 1.29. The molecule has 0 spiro atoms. The third-order valence-electron chi connectivity index (χ3n) is 3.35. The highest BCUT2D eigenvalue weighted by atomic mass is 35.5. The third-order valence-corrected chi connectivity index (χ3v) is 4.56. The van der Waals surface area contributed by atoms with Gasteiger partial charge in [0, 0.05) is 23.4 Å². The summed E-state index contributed by atoms with van der Waals surface area (Å²) in [5.74, 6) is 1.85. The summed E-state index contributed by atoms with van der Waals surface area (Å²) < 4.78 is 0. The molecule has 1 aromatic rings. The Balaban J connectivity index is 1.83. The van der Waals surface area contributed by atoms with Crippen LogP contribution in [0.4, 0.5) is 0 Å². The second-order valence-electron chi connectivity index (χ2n) is 5.20. The van der Waals surface area contributed by atoms with Gasteiger partial charge < -0.3 is 5.32 Å². The van der Waals surface area contributed by atoms with E-state index < -0.39 is 0 Å². The van der Waals surface area contributed by atoms with Crippen LogP contribution in [-0.2, 0) is 6.42 Å². The van der Waals surface area contributed by atoms with Crippen molar-refractivity contribution in [1.29, 1.82) is 0 Å². The number of aliphatic imine (C=N–C) groups is 1. The Bertz CT molecular complexity index is 428. The zero-order chi connectivity index (χ0) is 13.7. The predicted molar refractivity (Wildman–Crippen MR) is 86.3 cm³/mol. The Kier molecular flexibility index (Phi) is 5.59. The van der Waals surface area contributed by atoms with Gasteiger partial charge in [-0.3, -0.25) is 4.99 Å². The molecule has 1 aliphatic rings. The fourth-order valence-corrected chi connectivity index (χ4v) is 3.19. The maximum atomic E-state index is 5.87. The summed E-state index contributed by atoms with van der Waals surface area (Å²) >= 11 is 7.71. The van der Waals surface area contributed by atoms with Gasteiger partial charge in [-0.25, -0.2) is 0 Å². The summed E-state index contributed by atoms with van der Waals surface area (Å²) in [6.45, 7) is 5.36. The average molecular weight is 297 g/mol. The molecule has 0 aromatic heterocycles. The van der Waals surface area contributed by atoms with Gasteiger partial charge in [0.15, 0.2) is 5.17 Å². The number of benzene rings is 1. The topological polar surface area (TPSA) is 24.4 Å². The molecule has 1 unspecified atom stereocenters. The van der Waals surface area contributed by atoms with Crippen molar-refractivity contribution in [2.75, 3.05) is 12.3 Å². The largest absolute Gasteiger partial charge is 0.362 e. The quantitative estimate of drug-likeness (QED) is 0.908. The van der Waals surface area contributed by atoms with Gasteiger partial charge in [0.1, 0.15) is 0 Å². The molecule has 1 heterocycles. The Morgan fingerprint density at radius 3 is 2.79 bits per heavy atom. The van der Waals surface area contributed by atoms with E-state index in [1.54, 1.807) is 0 Å². The van der Waals surface area contributed by atoms with Crippen molar-refractivity contribution in [3.05, 3.63) is 34.9 Å². The first-order chi connectivity index (χ1) is 9.15. The molecular weight excluding hydrogens is 276 g/mol. The first kappa shape index (κ1) is 14.7. The van der Waals surface area contributed by atoms with Gasteiger partial charge in [-0.05, 0) is 36.5 Å². The molecule has 1 aliphatic heterocycles. The van der Waals surface area contributed by atoms with Crippen LogP contribution in [0.15, 0.2) is 29.3 Å². The van der Waals surface area contributed by atoms with Gasteiger partial charge in [0.25, 0.3) is 0 Å². The zero-order valence-electron chi connectivity index (χ0n) is 11.5. The molecule has 1 saturated heterocycles. The Hall–Kier alpha value is -0.670. The minimum absolute atomic E-state index is 0.579. The highest BCUT2D eigenvalue weighted by Crippen LogP contribution is 2.18.